The van der Waals surface area contributed by atoms with Crippen LogP contribution in [0.3, 0.4) is 0 Å². The molecular formula is C22H26N2O3. The lowest BCUT2D eigenvalue weighted by Crippen LogP contribution is -2.46. The van der Waals surface area contributed by atoms with E-state index in [0.717, 1.165) is 18.4 Å². The van der Waals surface area contributed by atoms with E-state index in [-0.39, 0.29) is 11.8 Å². The monoisotopic (exact) mass is 366 g/mol. The minimum Gasteiger partial charge on any atom is -0.379 e. The van der Waals surface area contributed by atoms with Crippen molar-refractivity contribution in [3.63, 3.8) is 0 Å². The van der Waals surface area contributed by atoms with E-state index in [9.17, 15) is 9.59 Å². The highest BCUT2D eigenvalue weighted by Crippen LogP contribution is 2.25. The fourth-order valence-electron chi connectivity index (χ4n) is 3.47. The Morgan fingerprint density at radius 1 is 1.15 bits per heavy atom. The van der Waals surface area contributed by atoms with Gasteiger partial charge in [0.15, 0.2) is 5.75 Å². The van der Waals surface area contributed by atoms with E-state index in [4.69, 9.17) is 4.84 Å². The number of carbonyl (C=O) groups excluding carboxylic acids is 2. The SMILES string of the molecule is CCCC(=O)N1CCCC1C(=O)NOc1ccc(-c2ccccc2C)cc1. The van der Waals surface area contributed by atoms with Crippen molar-refractivity contribution >= 4 is 11.8 Å². The van der Waals surface area contributed by atoms with E-state index in [2.05, 4.69) is 24.5 Å². The number of hydrogen-bond donors (Lipinski definition) is 1. The summed E-state index contributed by atoms with van der Waals surface area (Å²) >= 11 is 0. The molecule has 0 saturated carbocycles. The molecule has 1 aliphatic heterocycles. The highest BCUT2D eigenvalue weighted by Gasteiger charge is 2.33. The zero-order valence-electron chi connectivity index (χ0n) is 15.9. The van der Waals surface area contributed by atoms with Crippen molar-refractivity contribution in [2.75, 3.05) is 6.54 Å². The van der Waals surface area contributed by atoms with Crippen LogP contribution < -0.4 is 10.3 Å². The number of carbonyl (C=O) groups is 2. The van der Waals surface area contributed by atoms with Gasteiger partial charge in [0, 0.05) is 13.0 Å². The normalized spacial score (nSPS) is 16.2. The summed E-state index contributed by atoms with van der Waals surface area (Å²) in [6.45, 7) is 4.68. The van der Waals surface area contributed by atoms with Crippen LogP contribution in [0.25, 0.3) is 11.1 Å². The summed E-state index contributed by atoms with van der Waals surface area (Å²) in [5, 5.41) is 0. The van der Waals surface area contributed by atoms with Gasteiger partial charge in [-0.15, -0.1) is 0 Å². The van der Waals surface area contributed by atoms with Gasteiger partial charge in [-0.05, 0) is 55.0 Å². The molecule has 27 heavy (non-hydrogen) atoms. The Bertz CT molecular complexity index is 801. The summed E-state index contributed by atoms with van der Waals surface area (Å²) < 4.78 is 0. The van der Waals surface area contributed by atoms with Crippen LogP contribution in [0.15, 0.2) is 48.5 Å². The number of rotatable bonds is 6. The Morgan fingerprint density at radius 3 is 2.59 bits per heavy atom. The molecule has 0 bridgehead atoms. The van der Waals surface area contributed by atoms with E-state index < -0.39 is 6.04 Å². The van der Waals surface area contributed by atoms with Crippen molar-refractivity contribution in [1.82, 2.24) is 10.4 Å². The van der Waals surface area contributed by atoms with Crippen LogP contribution >= 0.6 is 0 Å². The number of nitrogens with zero attached hydrogens (tertiary/aromatic N) is 1. The summed E-state index contributed by atoms with van der Waals surface area (Å²) in [6, 6.07) is 15.3. The maximum absolute atomic E-state index is 12.4. The number of aryl methyl sites for hydroxylation is 1. The lowest BCUT2D eigenvalue weighted by molar-refractivity contribution is -0.141. The fourth-order valence-corrected chi connectivity index (χ4v) is 3.47. The predicted molar refractivity (Wildman–Crippen MR) is 105 cm³/mol. The lowest BCUT2D eigenvalue weighted by atomic mass is 10.0. The molecule has 1 N–H and O–H groups in total. The number of nitrogens with one attached hydrogen (secondary N) is 1. The van der Waals surface area contributed by atoms with E-state index >= 15 is 0 Å². The van der Waals surface area contributed by atoms with Gasteiger partial charge in [0.1, 0.15) is 6.04 Å². The molecule has 0 radical (unpaired) electrons. The van der Waals surface area contributed by atoms with Gasteiger partial charge >= 0.3 is 0 Å². The molecule has 0 aromatic heterocycles. The van der Waals surface area contributed by atoms with Crippen LogP contribution in [-0.2, 0) is 9.59 Å². The first-order valence-corrected chi connectivity index (χ1v) is 9.52. The Hall–Kier alpha value is -2.82. The highest BCUT2D eigenvalue weighted by atomic mass is 16.7. The van der Waals surface area contributed by atoms with Crippen LogP contribution in [0.1, 0.15) is 38.2 Å². The molecule has 1 unspecified atom stereocenters. The summed E-state index contributed by atoms with van der Waals surface area (Å²) in [5.41, 5.74) is 5.98. The molecule has 1 aliphatic rings. The fraction of sp³-hybridized carbons (Fsp3) is 0.364. The van der Waals surface area contributed by atoms with Gasteiger partial charge in [-0.2, -0.15) is 5.48 Å². The third-order valence-electron chi connectivity index (χ3n) is 4.92. The smallest absolute Gasteiger partial charge is 0.275 e. The van der Waals surface area contributed by atoms with Gasteiger partial charge < -0.3 is 9.74 Å². The average Bonchev–Trinajstić information content (AvgIpc) is 3.17. The second-order valence-corrected chi connectivity index (χ2v) is 6.90. The third-order valence-corrected chi connectivity index (χ3v) is 4.92. The molecule has 5 heteroatoms. The maximum Gasteiger partial charge on any atom is 0.275 e. The summed E-state index contributed by atoms with van der Waals surface area (Å²) in [7, 11) is 0. The largest absolute Gasteiger partial charge is 0.379 e. The number of amides is 2. The molecule has 3 rings (SSSR count). The van der Waals surface area contributed by atoms with Crippen molar-refractivity contribution < 1.29 is 14.4 Å². The third kappa shape index (κ3) is 4.48. The summed E-state index contributed by atoms with van der Waals surface area (Å²) in [5.74, 6) is 0.336. The molecular weight excluding hydrogens is 340 g/mol. The molecule has 2 aromatic carbocycles. The van der Waals surface area contributed by atoms with Crippen LogP contribution in [0.5, 0.6) is 5.75 Å². The van der Waals surface area contributed by atoms with Gasteiger partial charge in [-0.1, -0.05) is 43.3 Å². The first-order valence-electron chi connectivity index (χ1n) is 9.52. The molecule has 1 fully saturated rings. The van der Waals surface area contributed by atoms with Crippen molar-refractivity contribution in [3.05, 3.63) is 54.1 Å². The second kappa shape index (κ2) is 8.71. The molecule has 1 heterocycles. The number of hydrogen-bond acceptors (Lipinski definition) is 3. The van der Waals surface area contributed by atoms with Crippen molar-refractivity contribution in [3.8, 4) is 16.9 Å². The number of likely N-dealkylation sites (tertiary alicyclic amines) is 1. The highest BCUT2D eigenvalue weighted by molar-refractivity contribution is 5.87. The second-order valence-electron chi connectivity index (χ2n) is 6.90. The number of hydroxylamine groups is 1. The van der Waals surface area contributed by atoms with Crippen LogP contribution in [0.4, 0.5) is 0 Å². The molecule has 0 aliphatic carbocycles. The van der Waals surface area contributed by atoms with Crippen molar-refractivity contribution in [2.45, 2.75) is 45.6 Å². The van der Waals surface area contributed by atoms with E-state index in [0.29, 0.717) is 25.1 Å². The molecule has 2 amide bonds. The zero-order valence-corrected chi connectivity index (χ0v) is 15.9. The van der Waals surface area contributed by atoms with Crippen LogP contribution in [-0.4, -0.2) is 29.3 Å². The minimum absolute atomic E-state index is 0.0396. The van der Waals surface area contributed by atoms with Crippen LogP contribution in [0, 0.1) is 6.92 Å². The first kappa shape index (κ1) is 19.0. The Morgan fingerprint density at radius 2 is 1.89 bits per heavy atom. The van der Waals surface area contributed by atoms with E-state index in [1.807, 2.05) is 43.3 Å². The standard InChI is InChI=1S/C22H26N2O3/c1-3-7-21(25)24-15-6-10-20(24)22(26)23-27-18-13-11-17(12-14-18)19-9-5-4-8-16(19)2/h4-5,8-9,11-14,20H,3,6-7,10,15H2,1-2H3,(H,23,26). The predicted octanol–water partition coefficient (Wildman–Crippen LogP) is 3.86. The number of benzene rings is 2. The van der Waals surface area contributed by atoms with E-state index in [1.165, 1.54) is 11.1 Å². The molecule has 1 atom stereocenters. The molecule has 142 valence electrons. The van der Waals surface area contributed by atoms with Gasteiger partial charge in [-0.25, -0.2) is 0 Å². The lowest BCUT2D eigenvalue weighted by Gasteiger charge is -2.23. The quantitative estimate of drug-likeness (QED) is 0.790. The molecule has 0 spiro atoms. The average molecular weight is 366 g/mol. The Kier molecular flexibility index (Phi) is 6.12. The van der Waals surface area contributed by atoms with Crippen molar-refractivity contribution in [1.29, 1.82) is 0 Å². The van der Waals surface area contributed by atoms with Gasteiger partial charge in [-0.3, -0.25) is 9.59 Å². The minimum atomic E-state index is -0.435. The topological polar surface area (TPSA) is 58.6 Å². The van der Waals surface area contributed by atoms with E-state index in [1.54, 1.807) is 4.90 Å². The summed E-state index contributed by atoms with van der Waals surface area (Å²) in [4.78, 5) is 31.7. The zero-order chi connectivity index (χ0) is 19.2. The van der Waals surface area contributed by atoms with Crippen molar-refractivity contribution in [2.24, 2.45) is 0 Å². The van der Waals surface area contributed by atoms with Gasteiger partial charge in [0.2, 0.25) is 5.91 Å². The Labute approximate surface area is 160 Å². The molecule has 1 saturated heterocycles. The Balaban J connectivity index is 1.59. The molecule has 2 aromatic rings. The van der Waals surface area contributed by atoms with Gasteiger partial charge in [0.05, 0.1) is 0 Å². The van der Waals surface area contributed by atoms with Crippen LogP contribution in [0.2, 0.25) is 0 Å². The molecule has 5 nitrogen and oxygen atoms in total. The first-order chi connectivity index (χ1) is 13.1. The summed E-state index contributed by atoms with van der Waals surface area (Å²) in [6.07, 6.45) is 2.79. The maximum atomic E-state index is 12.4. The van der Waals surface area contributed by atoms with Gasteiger partial charge in [0.25, 0.3) is 5.91 Å².